The van der Waals surface area contributed by atoms with Gasteiger partial charge in [0.25, 0.3) is 0 Å². The number of aromatic nitrogens is 4. The summed E-state index contributed by atoms with van der Waals surface area (Å²) in [6, 6.07) is 10.1. The number of carbonyl (C=O) groups is 1. The molecule has 11 nitrogen and oxygen atoms in total. The van der Waals surface area contributed by atoms with Gasteiger partial charge in [-0.3, -0.25) is 14.1 Å². The molecule has 198 valence electrons. The average molecular weight is 539 g/mol. The third kappa shape index (κ3) is 4.66. The first-order valence-corrected chi connectivity index (χ1v) is 12.2. The van der Waals surface area contributed by atoms with E-state index in [-0.39, 0.29) is 30.4 Å². The molecule has 5 heterocycles. The van der Waals surface area contributed by atoms with E-state index < -0.39 is 17.4 Å². The molecule has 1 amide bonds. The van der Waals surface area contributed by atoms with Crippen molar-refractivity contribution in [1.82, 2.24) is 14.4 Å². The number of morpholine rings is 1. The van der Waals surface area contributed by atoms with E-state index in [0.29, 0.717) is 50.8 Å². The number of carbonyl (C=O) groups excluding carboxylic acids is 1. The number of imidazole rings is 1. The highest BCUT2D eigenvalue weighted by Crippen LogP contribution is 2.31. The number of halogens is 1. The van der Waals surface area contributed by atoms with Gasteiger partial charge in [0.2, 0.25) is 11.4 Å². The van der Waals surface area contributed by atoms with Gasteiger partial charge in [0.05, 0.1) is 31.1 Å². The van der Waals surface area contributed by atoms with Crippen molar-refractivity contribution in [3.05, 3.63) is 69.9 Å². The number of ether oxygens (including phenoxy) is 2. The molecule has 6 rings (SSSR count). The minimum absolute atomic E-state index is 0. The van der Waals surface area contributed by atoms with E-state index >= 15 is 0 Å². The van der Waals surface area contributed by atoms with Gasteiger partial charge in [-0.15, -0.1) is 0 Å². The number of benzene rings is 1. The molecule has 0 saturated carbocycles. The average Bonchev–Trinajstić information content (AvgIpc) is 3.56. The molecule has 4 aromatic rings. The molecule has 2 aliphatic heterocycles. The smallest absolute Gasteiger partial charge is 0.414 e. The van der Waals surface area contributed by atoms with E-state index in [1.807, 2.05) is 13.0 Å². The van der Waals surface area contributed by atoms with Gasteiger partial charge in [0, 0.05) is 25.7 Å². The Balaban J connectivity index is 0.00000294. The second kappa shape index (κ2) is 10.3. The van der Waals surface area contributed by atoms with Crippen LogP contribution < -0.4 is 32.8 Å². The summed E-state index contributed by atoms with van der Waals surface area (Å²) in [4.78, 5) is 40.4. The third-order valence-corrected chi connectivity index (χ3v) is 6.72. The highest BCUT2D eigenvalue weighted by molar-refractivity contribution is 5.95. The van der Waals surface area contributed by atoms with E-state index in [1.54, 1.807) is 12.4 Å². The second-order valence-electron chi connectivity index (χ2n) is 9.23. The maximum atomic E-state index is 13.4. The molecule has 2 saturated heterocycles. The molecule has 3 aromatic heterocycles. The largest absolute Gasteiger partial charge is 1.00 e. The zero-order valence-corrected chi connectivity index (χ0v) is 21.5. The van der Waals surface area contributed by atoms with Crippen molar-refractivity contribution in [1.29, 1.82) is 0 Å². The standard InChI is InChI=1S/C26H26N6O5.ClH/c1-16-2-4-17(5-3-16)12-18-14-27-23(28-18)21-22(33)25(34)32-15-19(30-6-9-36-10-7-30)13-20(24(32)29-21)31-8-11-37-26(31)35;/h2-5,13-15,33H,6-12H2,1H3,(H,27,28);1H. The summed E-state index contributed by atoms with van der Waals surface area (Å²) in [5, 5.41) is 10.9. The molecule has 2 fully saturated rings. The fraction of sp³-hybridized carbons (Fsp3) is 0.308. The fourth-order valence-electron chi connectivity index (χ4n) is 4.72. The molecular formula is C26H27ClN6O5. The van der Waals surface area contributed by atoms with Crippen LogP contribution in [0.5, 0.6) is 5.75 Å². The minimum atomic E-state index is -0.632. The Morgan fingerprint density at radius 3 is 2.58 bits per heavy atom. The SMILES string of the molecule is Cc1ccc(Cc2c[nH+]c(-c3nc4c(N5CCOC5=O)cc(N5CCOCC5)cn4c(=O)c3O)[nH]2)cc1.[Cl-]. The van der Waals surface area contributed by atoms with Crippen LogP contribution in [0, 0.1) is 6.92 Å². The Bertz CT molecular complexity index is 1540. The number of cyclic esters (lactones) is 1. The number of hydrogen-bond acceptors (Lipinski definition) is 7. The van der Waals surface area contributed by atoms with Gasteiger partial charge in [-0.2, -0.15) is 0 Å². The molecule has 0 unspecified atom stereocenters. The van der Waals surface area contributed by atoms with Gasteiger partial charge in [-0.1, -0.05) is 29.8 Å². The zero-order chi connectivity index (χ0) is 25.5. The highest BCUT2D eigenvalue weighted by atomic mass is 35.5. The van der Waals surface area contributed by atoms with Crippen molar-refractivity contribution >= 4 is 23.1 Å². The van der Waals surface area contributed by atoms with Crippen LogP contribution in [-0.4, -0.2) is 65.0 Å². The van der Waals surface area contributed by atoms with E-state index in [2.05, 4.69) is 44.1 Å². The first kappa shape index (κ1) is 25.6. The fourth-order valence-corrected chi connectivity index (χ4v) is 4.72. The quantitative estimate of drug-likeness (QED) is 0.330. The Labute approximate surface area is 224 Å². The van der Waals surface area contributed by atoms with Gasteiger partial charge >= 0.3 is 17.5 Å². The second-order valence-corrected chi connectivity index (χ2v) is 9.23. The molecule has 0 aliphatic carbocycles. The summed E-state index contributed by atoms with van der Waals surface area (Å²) in [6.45, 7) is 5.02. The van der Waals surface area contributed by atoms with Crippen LogP contribution in [0.15, 0.2) is 47.5 Å². The monoisotopic (exact) mass is 538 g/mol. The number of amides is 1. The van der Waals surface area contributed by atoms with Crippen LogP contribution in [0.2, 0.25) is 0 Å². The molecule has 0 radical (unpaired) electrons. The Morgan fingerprint density at radius 2 is 1.87 bits per heavy atom. The molecule has 0 spiro atoms. The van der Waals surface area contributed by atoms with Crippen molar-refractivity contribution in [2.75, 3.05) is 49.3 Å². The predicted molar refractivity (Wildman–Crippen MR) is 135 cm³/mol. The maximum absolute atomic E-state index is 13.4. The lowest BCUT2D eigenvalue weighted by Gasteiger charge is -2.30. The minimum Gasteiger partial charge on any atom is -1.00 e. The van der Waals surface area contributed by atoms with Gasteiger partial charge in [0.15, 0.2) is 5.65 Å². The molecule has 1 aromatic carbocycles. The number of pyridine rings is 1. The highest BCUT2D eigenvalue weighted by Gasteiger charge is 2.30. The summed E-state index contributed by atoms with van der Waals surface area (Å²) in [6.07, 6.45) is 3.57. The molecule has 0 atom stereocenters. The zero-order valence-electron chi connectivity index (χ0n) is 20.7. The number of hydrogen-bond donors (Lipinski definition) is 2. The van der Waals surface area contributed by atoms with Crippen molar-refractivity contribution in [3.63, 3.8) is 0 Å². The number of fused-ring (bicyclic) bond motifs is 1. The summed E-state index contributed by atoms with van der Waals surface area (Å²) in [5.74, 6) is -0.0991. The van der Waals surface area contributed by atoms with E-state index in [4.69, 9.17) is 9.47 Å². The van der Waals surface area contributed by atoms with Crippen LogP contribution in [0.1, 0.15) is 16.8 Å². The Kier molecular flexibility index (Phi) is 6.96. The normalized spacial score (nSPS) is 15.6. The van der Waals surface area contributed by atoms with Crippen molar-refractivity contribution in [2.24, 2.45) is 0 Å². The van der Waals surface area contributed by atoms with E-state index in [1.165, 1.54) is 14.9 Å². The Morgan fingerprint density at radius 1 is 1.11 bits per heavy atom. The van der Waals surface area contributed by atoms with Crippen LogP contribution in [0.3, 0.4) is 0 Å². The van der Waals surface area contributed by atoms with Crippen LogP contribution in [0.4, 0.5) is 16.2 Å². The lowest BCUT2D eigenvalue weighted by Crippen LogP contribution is -3.00. The van der Waals surface area contributed by atoms with Gasteiger partial charge in [0.1, 0.15) is 18.5 Å². The molecule has 38 heavy (non-hydrogen) atoms. The van der Waals surface area contributed by atoms with Crippen LogP contribution in [0.25, 0.3) is 17.2 Å². The summed E-state index contributed by atoms with van der Waals surface area (Å²) in [5.41, 5.74) is 4.03. The van der Waals surface area contributed by atoms with Gasteiger partial charge in [-0.05, 0) is 18.6 Å². The van der Waals surface area contributed by atoms with Gasteiger partial charge in [-0.25, -0.2) is 19.7 Å². The number of aromatic hydroxyl groups is 1. The summed E-state index contributed by atoms with van der Waals surface area (Å²) < 4.78 is 11.9. The predicted octanol–water partition coefficient (Wildman–Crippen LogP) is -1.09. The maximum Gasteiger partial charge on any atom is 0.414 e. The first-order valence-electron chi connectivity index (χ1n) is 12.2. The molecule has 2 aliphatic rings. The number of rotatable bonds is 5. The topological polar surface area (TPSA) is 127 Å². The summed E-state index contributed by atoms with van der Waals surface area (Å²) in [7, 11) is 0. The van der Waals surface area contributed by atoms with Crippen LogP contribution >= 0.6 is 0 Å². The molecule has 12 heteroatoms. The lowest BCUT2D eigenvalue weighted by molar-refractivity contribution is -0.362. The van der Waals surface area contributed by atoms with Crippen LogP contribution in [-0.2, 0) is 15.9 Å². The third-order valence-electron chi connectivity index (χ3n) is 6.72. The van der Waals surface area contributed by atoms with E-state index in [0.717, 1.165) is 16.9 Å². The molecule has 0 bridgehead atoms. The van der Waals surface area contributed by atoms with E-state index in [9.17, 15) is 14.7 Å². The molecule has 3 N–H and O–H groups in total. The number of H-pyrrole nitrogens is 2. The molecular weight excluding hydrogens is 512 g/mol. The van der Waals surface area contributed by atoms with Gasteiger partial charge < -0.3 is 31.9 Å². The Hall–Kier alpha value is -4.09. The number of aromatic amines is 2. The number of nitrogens with one attached hydrogen (secondary N) is 2. The summed E-state index contributed by atoms with van der Waals surface area (Å²) >= 11 is 0. The lowest BCUT2D eigenvalue weighted by atomic mass is 10.1. The van der Waals surface area contributed by atoms with Crippen molar-refractivity contribution < 1.29 is 36.8 Å². The first-order chi connectivity index (χ1) is 18.0. The van der Waals surface area contributed by atoms with Crippen molar-refractivity contribution in [3.8, 4) is 17.3 Å². The number of aryl methyl sites for hydroxylation is 1. The number of anilines is 2. The number of nitrogens with zero attached hydrogens (tertiary/aromatic N) is 4. The van der Waals surface area contributed by atoms with Crippen molar-refractivity contribution in [2.45, 2.75) is 13.3 Å².